The van der Waals surface area contributed by atoms with Crippen LogP contribution in [0, 0.1) is 19.7 Å². The first kappa shape index (κ1) is 16.2. The lowest BCUT2D eigenvalue weighted by Crippen LogP contribution is -2.03. The molecule has 128 valence electrons. The van der Waals surface area contributed by atoms with Gasteiger partial charge in [0, 0.05) is 34.5 Å². The van der Waals surface area contributed by atoms with Crippen LogP contribution in [0.25, 0.3) is 22.2 Å². The number of ketones is 1. The molecule has 0 aliphatic rings. The highest BCUT2D eigenvalue weighted by Gasteiger charge is 2.18. The number of aryl methyl sites for hydroxylation is 2. The molecule has 0 aliphatic heterocycles. The highest BCUT2D eigenvalue weighted by molar-refractivity contribution is 6.16. The van der Waals surface area contributed by atoms with Gasteiger partial charge in [0.15, 0.2) is 5.78 Å². The quantitative estimate of drug-likeness (QED) is 0.518. The second-order valence-electron chi connectivity index (χ2n) is 6.48. The fourth-order valence-electron chi connectivity index (χ4n) is 3.08. The maximum atomic E-state index is 13.6. The normalized spacial score (nSPS) is 11.0. The number of halogens is 1. The zero-order valence-corrected chi connectivity index (χ0v) is 14.5. The Morgan fingerprint density at radius 3 is 2.50 bits per heavy atom. The van der Waals surface area contributed by atoms with Crippen molar-refractivity contribution in [1.82, 2.24) is 9.97 Å². The maximum Gasteiger partial charge on any atom is 0.195 e. The predicted molar refractivity (Wildman–Crippen MR) is 101 cm³/mol. The molecule has 4 rings (SSSR count). The van der Waals surface area contributed by atoms with Crippen LogP contribution in [0.1, 0.15) is 27.0 Å². The van der Waals surface area contributed by atoms with Gasteiger partial charge in [-0.15, -0.1) is 0 Å². The summed E-state index contributed by atoms with van der Waals surface area (Å²) in [5.41, 5.74) is 5.39. The maximum absolute atomic E-state index is 13.6. The van der Waals surface area contributed by atoms with Gasteiger partial charge in [-0.25, -0.2) is 9.37 Å². The standard InChI is InChI=1S/C22H17FN2O/c1-13-3-6-15(7-4-13)16-9-19-20(12-25-22(19)24-11-16)21(26)18-10-17(23)8-5-14(18)2/h3-12H,1-2H3,(H,24,25). The number of hydrogen-bond donors (Lipinski definition) is 1. The molecular formula is C22H17FN2O. The van der Waals surface area contributed by atoms with Crippen molar-refractivity contribution in [2.24, 2.45) is 0 Å². The molecule has 0 amide bonds. The van der Waals surface area contributed by atoms with E-state index in [0.29, 0.717) is 16.8 Å². The van der Waals surface area contributed by atoms with Crippen LogP contribution >= 0.6 is 0 Å². The van der Waals surface area contributed by atoms with Gasteiger partial charge in [-0.3, -0.25) is 4.79 Å². The molecule has 2 aromatic carbocycles. The first-order chi connectivity index (χ1) is 12.5. The third-order valence-corrected chi connectivity index (χ3v) is 4.60. The van der Waals surface area contributed by atoms with E-state index < -0.39 is 5.82 Å². The molecule has 0 spiro atoms. The number of fused-ring (bicyclic) bond motifs is 1. The van der Waals surface area contributed by atoms with Crippen molar-refractivity contribution >= 4 is 16.8 Å². The lowest BCUT2D eigenvalue weighted by atomic mass is 9.98. The van der Waals surface area contributed by atoms with Gasteiger partial charge in [0.1, 0.15) is 11.5 Å². The van der Waals surface area contributed by atoms with Crippen molar-refractivity contribution in [2.75, 3.05) is 0 Å². The van der Waals surface area contributed by atoms with Gasteiger partial charge in [-0.05, 0) is 43.2 Å². The number of carbonyl (C=O) groups is 1. The number of hydrogen-bond acceptors (Lipinski definition) is 2. The number of rotatable bonds is 3. The topological polar surface area (TPSA) is 45.8 Å². The number of benzene rings is 2. The summed E-state index contributed by atoms with van der Waals surface area (Å²) >= 11 is 0. The van der Waals surface area contributed by atoms with Crippen LogP contribution in [0.15, 0.2) is 60.9 Å². The Morgan fingerprint density at radius 2 is 1.73 bits per heavy atom. The number of H-pyrrole nitrogens is 1. The summed E-state index contributed by atoms with van der Waals surface area (Å²) in [6.07, 6.45) is 3.43. The number of carbonyl (C=O) groups excluding carboxylic acids is 1. The van der Waals surface area contributed by atoms with E-state index >= 15 is 0 Å². The van der Waals surface area contributed by atoms with Crippen molar-refractivity contribution < 1.29 is 9.18 Å². The Labute approximate surface area is 150 Å². The number of aromatic nitrogens is 2. The van der Waals surface area contributed by atoms with Crippen LogP contribution in [0.4, 0.5) is 4.39 Å². The average Bonchev–Trinajstić information content (AvgIpc) is 3.07. The van der Waals surface area contributed by atoms with Crippen molar-refractivity contribution in [1.29, 1.82) is 0 Å². The van der Waals surface area contributed by atoms with Gasteiger partial charge in [0.25, 0.3) is 0 Å². The van der Waals surface area contributed by atoms with Crippen LogP contribution in [0.2, 0.25) is 0 Å². The minimum absolute atomic E-state index is 0.212. The monoisotopic (exact) mass is 344 g/mol. The lowest BCUT2D eigenvalue weighted by Gasteiger charge is -2.06. The van der Waals surface area contributed by atoms with Crippen LogP contribution in [-0.2, 0) is 0 Å². The third kappa shape index (κ3) is 2.80. The summed E-state index contributed by atoms with van der Waals surface area (Å²) in [5.74, 6) is -0.631. The molecule has 0 saturated heterocycles. The summed E-state index contributed by atoms with van der Waals surface area (Å²) in [7, 11) is 0. The Balaban J connectivity index is 1.83. The van der Waals surface area contributed by atoms with Gasteiger partial charge in [-0.2, -0.15) is 0 Å². The van der Waals surface area contributed by atoms with Gasteiger partial charge < -0.3 is 4.98 Å². The molecule has 2 aromatic heterocycles. The average molecular weight is 344 g/mol. The number of aromatic amines is 1. The van der Waals surface area contributed by atoms with Crippen LogP contribution in [0.5, 0.6) is 0 Å². The first-order valence-corrected chi connectivity index (χ1v) is 8.38. The zero-order chi connectivity index (χ0) is 18.3. The Kier molecular flexibility index (Phi) is 3.88. The molecule has 4 heteroatoms. The van der Waals surface area contributed by atoms with Gasteiger partial charge in [-0.1, -0.05) is 35.9 Å². The van der Waals surface area contributed by atoms with Crippen LogP contribution in [0.3, 0.4) is 0 Å². The third-order valence-electron chi connectivity index (χ3n) is 4.60. The molecule has 4 aromatic rings. The number of nitrogens with one attached hydrogen (secondary N) is 1. The Hall–Kier alpha value is -3.27. The Morgan fingerprint density at radius 1 is 0.962 bits per heavy atom. The molecule has 0 unspecified atom stereocenters. The van der Waals surface area contributed by atoms with E-state index in [9.17, 15) is 9.18 Å². The molecule has 0 radical (unpaired) electrons. The minimum atomic E-state index is -0.419. The van der Waals surface area contributed by atoms with E-state index in [1.54, 1.807) is 25.4 Å². The van der Waals surface area contributed by atoms with Crippen molar-refractivity contribution in [3.8, 4) is 11.1 Å². The first-order valence-electron chi connectivity index (χ1n) is 8.38. The zero-order valence-electron chi connectivity index (χ0n) is 14.5. The van der Waals surface area contributed by atoms with Gasteiger partial charge in [0.05, 0.1) is 0 Å². The van der Waals surface area contributed by atoms with Crippen molar-refractivity contribution in [3.05, 3.63) is 89.0 Å². The minimum Gasteiger partial charge on any atom is -0.345 e. The van der Waals surface area contributed by atoms with E-state index in [1.165, 1.54) is 17.7 Å². The molecule has 0 aliphatic carbocycles. The van der Waals surface area contributed by atoms with E-state index in [2.05, 4.69) is 9.97 Å². The smallest absolute Gasteiger partial charge is 0.195 e. The predicted octanol–water partition coefficient (Wildman–Crippen LogP) is 5.22. The van der Waals surface area contributed by atoms with Crippen LogP contribution < -0.4 is 0 Å². The molecule has 0 fully saturated rings. The van der Waals surface area contributed by atoms with E-state index in [1.807, 2.05) is 37.3 Å². The van der Waals surface area contributed by atoms with E-state index in [0.717, 1.165) is 22.1 Å². The summed E-state index contributed by atoms with van der Waals surface area (Å²) in [5, 5.41) is 0.733. The van der Waals surface area contributed by atoms with Gasteiger partial charge >= 0.3 is 0 Å². The fourth-order valence-corrected chi connectivity index (χ4v) is 3.08. The number of pyridine rings is 1. The molecule has 0 bridgehead atoms. The van der Waals surface area contributed by atoms with Crippen molar-refractivity contribution in [3.63, 3.8) is 0 Å². The Bertz CT molecular complexity index is 1130. The molecule has 3 nitrogen and oxygen atoms in total. The van der Waals surface area contributed by atoms with Crippen LogP contribution in [-0.4, -0.2) is 15.8 Å². The van der Waals surface area contributed by atoms with Crippen molar-refractivity contribution in [2.45, 2.75) is 13.8 Å². The second-order valence-corrected chi connectivity index (χ2v) is 6.48. The second kappa shape index (κ2) is 6.23. The summed E-state index contributed by atoms with van der Waals surface area (Å²) in [6.45, 7) is 3.84. The molecule has 0 atom stereocenters. The summed E-state index contributed by atoms with van der Waals surface area (Å²) < 4.78 is 13.6. The molecule has 1 N–H and O–H groups in total. The molecule has 2 heterocycles. The highest BCUT2D eigenvalue weighted by atomic mass is 19.1. The molecule has 0 saturated carbocycles. The van der Waals surface area contributed by atoms with Gasteiger partial charge in [0.2, 0.25) is 0 Å². The highest BCUT2D eigenvalue weighted by Crippen LogP contribution is 2.27. The summed E-state index contributed by atoms with van der Waals surface area (Å²) in [6, 6.07) is 14.4. The SMILES string of the molecule is Cc1ccc(-c2cnc3[nH]cc(C(=O)c4cc(F)ccc4C)c3c2)cc1. The summed E-state index contributed by atoms with van der Waals surface area (Å²) in [4.78, 5) is 20.4. The largest absolute Gasteiger partial charge is 0.345 e. The molecule has 26 heavy (non-hydrogen) atoms. The molecular weight excluding hydrogens is 327 g/mol. The number of nitrogens with zero attached hydrogens (tertiary/aromatic N) is 1. The van der Waals surface area contributed by atoms with E-state index in [4.69, 9.17) is 0 Å². The lowest BCUT2D eigenvalue weighted by molar-refractivity contribution is 0.103. The fraction of sp³-hybridized carbons (Fsp3) is 0.0909. The van der Waals surface area contributed by atoms with E-state index in [-0.39, 0.29) is 5.78 Å².